The van der Waals surface area contributed by atoms with Crippen molar-refractivity contribution in [1.82, 2.24) is 4.90 Å². The first-order valence-corrected chi connectivity index (χ1v) is 27.4. The predicted molar refractivity (Wildman–Crippen MR) is 267 cm³/mol. The molecular weight excluding hydrogens is 845 g/mol. The van der Waals surface area contributed by atoms with Crippen LogP contribution in [0.5, 0.6) is 0 Å². The molecular formula is C52H102N2O10S. The molecule has 0 fully saturated rings. The maximum absolute atomic E-state index is 12.9. The summed E-state index contributed by atoms with van der Waals surface area (Å²) in [5.41, 5.74) is 0. The second-order valence-electron chi connectivity index (χ2n) is 19.0. The molecule has 0 heterocycles. The molecule has 2 N–H and O–H groups in total. The smallest absolute Gasteiger partial charge is 0.306 e. The molecule has 0 aliphatic heterocycles. The van der Waals surface area contributed by atoms with E-state index in [9.17, 15) is 32.8 Å². The minimum atomic E-state index is -4.41. The van der Waals surface area contributed by atoms with Gasteiger partial charge in [-0.2, -0.15) is 0 Å². The zero-order valence-electron chi connectivity index (χ0n) is 43.1. The lowest BCUT2D eigenvalue weighted by atomic mass is 10.1. The summed E-state index contributed by atoms with van der Waals surface area (Å²) < 4.78 is 43.4. The first-order valence-electron chi connectivity index (χ1n) is 26.1. The zero-order valence-corrected chi connectivity index (χ0v) is 43.9. The van der Waals surface area contributed by atoms with Crippen LogP contribution in [0.4, 0.5) is 0 Å². The number of unbranched alkanes of at least 4 members (excludes halogenated alkanes) is 22. The van der Waals surface area contributed by atoms with Gasteiger partial charge in [-0.15, -0.1) is 0 Å². The number of hydrogen-bond acceptors (Lipinski definition) is 11. The van der Waals surface area contributed by atoms with Crippen molar-refractivity contribution in [3.05, 3.63) is 24.3 Å². The van der Waals surface area contributed by atoms with Gasteiger partial charge in [0.05, 0.1) is 32.9 Å². The third-order valence-electron chi connectivity index (χ3n) is 11.6. The molecule has 0 aliphatic carbocycles. The number of rotatable bonds is 44. The zero-order chi connectivity index (χ0) is 49.0. The largest absolute Gasteiger partial charge is 0.726 e. The Balaban J connectivity index is 0. The number of likely N-dealkylation sites (N-methyl/N-ethyl adjacent to an activating group) is 1. The van der Waals surface area contributed by atoms with Crippen LogP contribution in [-0.4, -0.2) is 122 Å². The number of ether oxygens (including phenoxy) is 2. The second kappa shape index (κ2) is 44.6. The van der Waals surface area contributed by atoms with Gasteiger partial charge in [-0.25, -0.2) is 8.42 Å². The van der Waals surface area contributed by atoms with Crippen LogP contribution in [0.25, 0.3) is 0 Å². The fourth-order valence-electron chi connectivity index (χ4n) is 8.21. The summed E-state index contributed by atoms with van der Waals surface area (Å²) in [7, 11) is -1.47. The molecule has 0 aromatic rings. The summed E-state index contributed by atoms with van der Waals surface area (Å²) >= 11 is 0. The predicted octanol–water partition coefficient (Wildman–Crippen LogP) is 11.5. The average Bonchev–Trinajstić information content (AvgIpc) is 3.22. The number of carbonyl (C=O) groups is 2. The summed E-state index contributed by atoms with van der Waals surface area (Å²) in [6.45, 7) is 15.4. The van der Waals surface area contributed by atoms with Crippen molar-refractivity contribution < 1.29 is 50.9 Å². The van der Waals surface area contributed by atoms with Gasteiger partial charge in [0.1, 0.15) is 25.3 Å². The highest BCUT2D eigenvalue weighted by atomic mass is 32.3. The van der Waals surface area contributed by atoms with Crippen LogP contribution in [-0.2, 0) is 33.6 Å². The van der Waals surface area contributed by atoms with Crippen LogP contribution in [0.15, 0.2) is 24.3 Å². The van der Waals surface area contributed by atoms with E-state index in [2.05, 4.69) is 54.3 Å². The van der Waals surface area contributed by atoms with Crippen LogP contribution < -0.4 is 0 Å². The Hall–Kier alpha value is -1.87. The van der Waals surface area contributed by atoms with Gasteiger partial charge >= 0.3 is 11.9 Å². The number of allylic oxidation sites excluding steroid dienone is 4. The topological polar surface area (TPSA) is 163 Å². The molecule has 12 nitrogen and oxygen atoms in total. The quantitative estimate of drug-likeness (QED) is 0.0149. The van der Waals surface area contributed by atoms with Gasteiger partial charge in [-0.1, -0.05) is 141 Å². The van der Waals surface area contributed by atoms with E-state index in [0.29, 0.717) is 56.6 Å². The van der Waals surface area contributed by atoms with E-state index < -0.39 is 22.6 Å². The summed E-state index contributed by atoms with van der Waals surface area (Å²) in [6.07, 6.45) is 40.5. The molecule has 0 rings (SSSR count). The standard InChI is InChI=1S/C51H99N2O6.CH4O4S/c1-8-10-12-14-16-18-20-22-24-26-28-30-32-34-36-38-50(56)58-48(5)44-53(7,41-40-52(42-46(3)54)43-47(4)55)45-49(6)59-51(57)39-37-35-33-31-29-27-25-23-21-19-17-15-13-11-9-2;1-5-6(2,3)4/h22-25,46-49,54-55H,8-21,26-45H2,1-7H3;1H3,(H,2,3,4)/q+1;/p-1/b24-22-,25-23-;. The maximum atomic E-state index is 12.9. The van der Waals surface area contributed by atoms with Crippen LogP contribution in [0, 0.1) is 0 Å². The van der Waals surface area contributed by atoms with E-state index in [4.69, 9.17) is 9.47 Å². The van der Waals surface area contributed by atoms with E-state index in [1.165, 1.54) is 116 Å². The van der Waals surface area contributed by atoms with Crippen LogP contribution >= 0.6 is 0 Å². The van der Waals surface area contributed by atoms with Crippen LogP contribution in [0.1, 0.15) is 221 Å². The highest BCUT2D eigenvalue weighted by Gasteiger charge is 2.31. The van der Waals surface area contributed by atoms with E-state index in [-0.39, 0.29) is 24.1 Å². The monoisotopic (exact) mass is 947 g/mol. The lowest BCUT2D eigenvalue weighted by Gasteiger charge is -2.39. The first kappa shape index (κ1) is 65.2. The number of aliphatic hydroxyl groups is 2. The molecule has 65 heavy (non-hydrogen) atoms. The van der Waals surface area contributed by atoms with Gasteiger partial charge < -0.3 is 28.7 Å². The van der Waals surface area contributed by atoms with Gasteiger partial charge in [0.25, 0.3) is 0 Å². The molecule has 0 saturated carbocycles. The summed E-state index contributed by atoms with van der Waals surface area (Å²) in [5.74, 6) is -0.295. The normalized spacial score (nSPS) is 14.8. The molecule has 0 radical (unpaired) electrons. The molecule has 0 aromatic carbocycles. The lowest BCUT2D eigenvalue weighted by molar-refractivity contribution is -0.914. The number of esters is 2. The van der Waals surface area contributed by atoms with Crippen molar-refractivity contribution in [2.24, 2.45) is 0 Å². The van der Waals surface area contributed by atoms with Gasteiger partial charge in [0.2, 0.25) is 10.4 Å². The minimum Gasteiger partial charge on any atom is -0.726 e. The SMILES string of the molecule is CCCCCCCC/C=C\CCCCCCCC(=O)OC(C)C[N+](C)(CCN(CC(C)O)CC(C)O)CC(C)OC(=O)CCCCCCC/C=C\CCCCCCCC.COS(=O)(=O)[O-]. The van der Waals surface area contributed by atoms with Crippen molar-refractivity contribution in [3.63, 3.8) is 0 Å². The van der Waals surface area contributed by atoms with Crippen molar-refractivity contribution in [1.29, 1.82) is 0 Å². The number of hydrogen-bond donors (Lipinski definition) is 2. The van der Waals surface area contributed by atoms with Gasteiger partial charge in [-0.05, 0) is 91.9 Å². The maximum Gasteiger partial charge on any atom is 0.306 e. The Morgan fingerprint density at radius 1 is 0.569 bits per heavy atom. The Morgan fingerprint density at radius 2 is 0.862 bits per heavy atom. The molecule has 0 spiro atoms. The van der Waals surface area contributed by atoms with E-state index in [1.54, 1.807) is 13.8 Å². The molecule has 4 atom stereocenters. The van der Waals surface area contributed by atoms with Gasteiger partial charge in [0, 0.05) is 32.5 Å². The molecule has 4 unspecified atom stereocenters. The van der Waals surface area contributed by atoms with Crippen molar-refractivity contribution in [2.75, 3.05) is 53.4 Å². The summed E-state index contributed by atoms with van der Waals surface area (Å²) in [6, 6.07) is 0. The van der Waals surface area contributed by atoms with Crippen molar-refractivity contribution >= 4 is 22.3 Å². The Labute approximate surface area is 400 Å². The average molecular weight is 947 g/mol. The summed E-state index contributed by atoms with van der Waals surface area (Å²) in [4.78, 5) is 27.8. The fraction of sp³-hybridized carbons (Fsp3) is 0.885. The van der Waals surface area contributed by atoms with Crippen LogP contribution in [0.2, 0.25) is 0 Å². The highest BCUT2D eigenvalue weighted by Crippen LogP contribution is 2.16. The summed E-state index contributed by atoms with van der Waals surface area (Å²) in [5, 5.41) is 20.2. The molecule has 0 bridgehead atoms. The fourth-order valence-corrected chi connectivity index (χ4v) is 8.21. The highest BCUT2D eigenvalue weighted by molar-refractivity contribution is 7.80. The second-order valence-corrected chi connectivity index (χ2v) is 20.2. The Bertz CT molecular complexity index is 1190. The Morgan fingerprint density at radius 3 is 1.15 bits per heavy atom. The molecule has 386 valence electrons. The van der Waals surface area contributed by atoms with E-state index in [1.807, 2.05) is 13.8 Å². The third-order valence-corrected chi connectivity index (χ3v) is 12.0. The third kappa shape index (κ3) is 49.8. The molecule has 0 aromatic heterocycles. The van der Waals surface area contributed by atoms with Gasteiger partial charge in [-0.3, -0.25) is 18.7 Å². The molecule has 0 saturated heterocycles. The number of carbonyl (C=O) groups excluding carboxylic acids is 2. The molecule has 0 aliphatic rings. The van der Waals surface area contributed by atoms with Gasteiger partial charge in [0.15, 0.2) is 0 Å². The number of quaternary nitrogens is 1. The van der Waals surface area contributed by atoms with Crippen molar-refractivity contribution in [3.8, 4) is 0 Å². The lowest BCUT2D eigenvalue weighted by Crippen LogP contribution is -2.56. The minimum absolute atomic E-state index is 0.147. The Kier molecular flexibility index (Phi) is 44.8. The number of aliphatic hydroxyl groups excluding tert-OH is 2. The van der Waals surface area contributed by atoms with Crippen molar-refractivity contribution in [2.45, 2.75) is 246 Å². The van der Waals surface area contributed by atoms with E-state index >= 15 is 0 Å². The first-order chi connectivity index (χ1) is 31.0. The van der Waals surface area contributed by atoms with Crippen LogP contribution in [0.3, 0.4) is 0 Å². The number of nitrogens with zero attached hydrogens (tertiary/aromatic N) is 2. The van der Waals surface area contributed by atoms with E-state index in [0.717, 1.165) is 58.5 Å². The molecule has 13 heteroatoms. The molecule has 0 amide bonds.